The number of phenolic OH excluding ortho intramolecular Hbond substituents is 1. The first-order valence-electron chi connectivity index (χ1n) is 17.2. The highest BCUT2D eigenvalue weighted by molar-refractivity contribution is 6.03. The predicted octanol–water partition coefficient (Wildman–Crippen LogP) is 4.71. The second-order valence-electron chi connectivity index (χ2n) is 11.9. The quantitative estimate of drug-likeness (QED) is 0.317. The number of alkyl halides is 1. The van der Waals surface area contributed by atoms with Gasteiger partial charge >= 0.3 is 6.01 Å². The number of nitrogens with zero attached hydrogens (tertiary/aromatic N) is 5. The monoisotopic (exact) mass is 605 g/mol. The van der Waals surface area contributed by atoms with Crippen LogP contribution in [-0.4, -0.2) is 81.4 Å². The Balaban J connectivity index is 1.32. The largest absolute Gasteiger partial charge is 0.508 e. The summed E-state index contributed by atoms with van der Waals surface area (Å²) in [4.78, 5) is 16.6. The van der Waals surface area contributed by atoms with E-state index in [4.69, 9.17) is 11.6 Å². The molecule has 9 rings (SSSR count). The smallest absolute Gasteiger partial charge is 0.319 e. The summed E-state index contributed by atoms with van der Waals surface area (Å²) < 4.78 is 95.0. The Morgan fingerprint density at radius 3 is 2.98 bits per heavy atom. The minimum absolute atomic E-state index is 0.00602. The topological polar surface area (TPSA) is 86.6 Å². The molecule has 8 nitrogen and oxygen atoms in total. The molecule has 2 aromatic carbocycles. The van der Waals surface area contributed by atoms with Crippen LogP contribution in [0.4, 0.5) is 19.0 Å². The Bertz CT molecular complexity index is 2090. The first-order valence-corrected chi connectivity index (χ1v) is 14.7. The number of anilines is 1. The third-order valence-electron chi connectivity index (χ3n) is 9.33. The molecular weight excluding hydrogens is 569 g/mol. The number of rotatable bonds is 5. The molecule has 0 radical (unpaired) electrons. The molecule has 4 aromatic rings. The van der Waals surface area contributed by atoms with E-state index in [-0.39, 0.29) is 82.6 Å². The molecule has 44 heavy (non-hydrogen) atoms. The van der Waals surface area contributed by atoms with Crippen molar-refractivity contribution in [2.75, 3.05) is 37.6 Å². The van der Waals surface area contributed by atoms with Gasteiger partial charge in [0.05, 0.1) is 19.2 Å². The molecule has 7 heterocycles. The molecular formula is C33H31F3N6O2. The van der Waals surface area contributed by atoms with Crippen molar-refractivity contribution in [2.45, 2.75) is 55.9 Å². The molecule has 0 saturated carbocycles. The first kappa shape index (κ1) is 22.4. The van der Waals surface area contributed by atoms with Crippen molar-refractivity contribution in [2.24, 2.45) is 0 Å². The average molecular weight is 606 g/mol. The molecule has 0 amide bonds. The van der Waals surface area contributed by atoms with E-state index in [0.29, 0.717) is 18.5 Å². The van der Waals surface area contributed by atoms with Gasteiger partial charge in [0.15, 0.2) is 5.82 Å². The fourth-order valence-electron chi connectivity index (χ4n) is 7.23. The van der Waals surface area contributed by atoms with Gasteiger partial charge in [-0.15, -0.1) is 6.40 Å². The standard InChI is InChI=1S/C33H31F3N6O2/c1-2-23-26(35)7-4-18-10-22(43)11-24(27(18)23)29-28(36)30-25(14-38-29)31(42-16-20-5-6-21(42)13-37-20)40-32(39-30)44-17-33-8-3-9-41(33)15-19(34)12-33/h1,4,7,10-11,14,19-21,37,43H,3,5-6,8-9,12-13,15-17H2/t19-,20?,21?,33+/m0/s1/i1D,9D2,17D2. The molecule has 5 saturated heterocycles. The van der Waals surface area contributed by atoms with Gasteiger partial charge in [-0.3, -0.25) is 9.88 Å². The SMILES string of the molecule is [2H]C#Cc1c(F)ccc2cc(O)cc(-c3ncc4c(N5CC6CCC5CN6)nc(OC([2H])([2H])[C@]56CCC([2H])([2H])N5C[C@@H](F)C6)nc4c3F)c12. The maximum atomic E-state index is 17.0. The number of ether oxygens (including phenoxy) is 1. The van der Waals surface area contributed by atoms with Crippen LogP contribution in [-0.2, 0) is 0 Å². The summed E-state index contributed by atoms with van der Waals surface area (Å²) in [6, 6.07) is 4.72. The fraction of sp³-hybridized carbons (Fsp3) is 0.424. The molecule has 226 valence electrons. The van der Waals surface area contributed by atoms with Crippen LogP contribution in [0.5, 0.6) is 11.8 Å². The summed E-state index contributed by atoms with van der Waals surface area (Å²) in [5, 5.41) is 14.7. The van der Waals surface area contributed by atoms with E-state index >= 15 is 4.39 Å². The summed E-state index contributed by atoms with van der Waals surface area (Å²) in [7, 11) is 0. The molecule has 5 aliphatic rings. The maximum Gasteiger partial charge on any atom is 0.319 e. The first-order chi connectivity index (χ1) is 23.3. The minimum Gasteiger partial charge on any atom is -0.508 e. The predicted molar refractivity (Wildman–Crippen MR) is 160 cm³/mol. The van der Waals surface area contributed by atoms with E-state index in [2.05, 4.69) is 26.2 Å². The number of benzene rings is 2. The van der Waals surface area contributed by atoms with E-state index in [0.717, 1.165) is 18.9 Å². The number of hydrogen-bond acceptors (Lipinski definition) is 8. The second-order valence-corrected chi connectivity index (χ2v) is 11.9. The van der Waals surface area contributed by atoms with Crippen LogP contribution in [0.3, 0.4) is 0 Å². The number of aromatic nitrogens is 3. The fourth-order valence-corrected chi connectivity index (χ4v) is 7.23. The number of terminal acetylenes is 1. The number of phenols is 1. The number of halogens is 3. The van der Waals surface area contributed by atoms with Crippen molar-refractivity contribution in [3.05, 3.63) is 47.7 Å². The number of piperidine rings is 2. The molecule has 2 N–H and O–H groups in total. The number of piperazine rings is 1. The molecule has 11 heteroatoms. The lowest BCUT2D eigenvalue weighted by molar-refractivity contribution is 0.107. The van der Waals surface area contributed by atoms with E-state index in [1.54, 1.807) is 0 Å². The lowest BCUT2D eigenvalue weighted by Gasteiger charge is -2.46. The Hall–Kier alpha value is -4.14. The molecule has 2 aromatic heterocycles. The van der Waals surface area contributed by atoms with Gasteiger partial charge in [-0.05, 0) is 55.8 Å². The van der Waals surface area contributed by atoms with Crippen molar-refractivity contribution < 1.29 is 29.9 Å². The van der Waals surface area contributed by atoms with Gasteiger partial charge in [0, 0.05) is 58.0 Å². The molecule has 5 aliphatic heterocycles. The lowest BCUT2D eigenvalue weighted by Crippen LogP contribution is -2.61. The Morgan fingerprint density at radius 1 is 1.27 bits per heavy atom. The van der Waals surface area contributed by atoms with E-state index < -0.39 is 42.4 Å². The van der Waals surface area contributed by atoms with Crippen LogP contribution in [0.1, 0.15) is 44.5 Å². The summed E-state index contributed by atoms with van der Waals surface area (Å²) in [5.41, 5.74) is -2.42. The zero-order valence-electron chi connectivity index (χ0n) is 28.5. The van der Waals surface area contributed by atoms with Crippen LogP contribution in [0.25, 0.3) is 32.9 Å². The van der Waals surface area contributed by atoms with Crippen molar-refractivity contribution in [1.29, 1.82) is 0 Å². The normalized spacial score (nSPS) is 29.4. The highest BCUT2D eigenvalue weighted by Crippen LogP contribution is 2.42. The summed E-state index contributed by atoms with van der Waals surface area (Å²) in [6.07, 6.45) is 3.27. The van der Waals surface area contributed by atoms with Gasteiger partial charge in [0.25, 0.3) is 0 Å². The van der Waals surface area contributed by atoms with Crippen molar-refractivity contribution in [1.82, 2.24) is 25.2 Å². The average Bonchev–Trinajstić information content (AvgIpc) is 3.56. The molecule has 2 bridgehead atoms. The Morgan fingerprint density at radius 2 is 2.18 bits per heavy atom. The zero-order valence-corrected chi connectivity index (χ0v) is 23.5. The van der Waals surface area contributed by atoms with E-state index in [1.807, 2.05) is 11.3 Å². The highest BCUT2D eigenvalue weighted by Gasteiger charge is 2.49. The number of pyridine rings is 1. The summed E-state index contributed by atoms with van der Waals surface area (Å²) in [5.74, 6) is 0.707. The van der Waals surface area contributed by atoms with Gasteiger partial charge < -0.3 is 20.1 Å². The minimum atomic E-state index is -2.68. The summed E-state index contributed by atoms with van der Waals surface area (Å²) >= 11 is 0. The molecule has 0 spiro atoms. The molecule has 4 atom stereocenters. The molecule has 5 fully saturated rings. The lowest BCUT2D eigenvalue weighted by atomic mass is 9.92. The van der Waals surface area contributed by atoms with Gasteiger partial charge in [0.1, 0.15) is 42.7 Å². The van der Waals surface area contributed by atoms with Crippen molar-refractivity contribution >= 4 is 27.5 Å². The van der Waals surface area contributed by atoms with Gasteiger partial charge in [-0.1, -0.05) is 12.0 Å². The number of nitrogens with one attached hydrogen (secondary N) is 1. The van der Waals surface area contributed by atoms with Gasteiger partial charge in [-0.25, -0.2) is 13.2 Å². The van der Waals surface area contributed by atoms with E-state index in [1.165, 1.54) is 29.3 Å². The number of hydrogen-bond donors (Lipinski definition) is 2. The van der Waals surface area contributed by atoms with Gasteiger partial charge in [0.2, 0.25) is 0 Å². The van der Waals surface area contributed by atoms with Crippen LogP contribution in [0.2, 0.25) is 0 Å². The van der Waals surface area contributed by atoms with Crippen LogP contribution < -0.4 is 15.0 Å². The Labute approximate surface area is 259 Å². The van der Waals surface area contributed by atoms with Crippen LogP contribution >= 0.6 is 0 Å². The summed E-state index contributed by atoms with van der Waals surface area (Å²) in [6.45, 7) is -3.75. The Kier molecular flexibility index (Phi) is 5.19. The maximum absolute atomic E-state index is 17.0. The van der Waals surface area contributed by atoms with Crippen LogP contribution in [0.15, 0.2) is 30.5 Å². The third kappa shape index (κ3) is 4.26. The highest BCUT2D eigenvalue weighted by atomic mass is 19.1. The molecule has 0 aliphatic carbocycles. The number of aromatic hydroxyl groups is 1. The van der Waals surface area contributed by atoms with Crippen molar-refractivity contribution in [3.63, 3.8) is 0 Å². The zero-order chi connectivity index (χ0) is 34.5. The second kappa shape index (κ2) is 10.2. The van der Waals surface area contributed by atoms with E-state index in [9.17, 15) is 13.9 Å². The van der Waals surface area contributed by atoms with Crippen LogP contribution in [0, 0.1) is 24.0 Å². The van der Waals surface area contributed by atoms with Crippen molar-refractivity contribution in [3.8, 4) is 35.3 Å². The molecule has 2 unspecified atom stereocenters. The number of fused-ring (bicyclic) bond motifs is 6. The van der Waals surface area contributed by atoms with Gasteiger partial charge in [-0.2, -0.15) is 9.97 Å². The third-order valence-corrected chi connectivity index (χ3v) is 9.33.